The van der Waals surface area contributed by atoms with Gasteiger partial charge in [0.1, 0.15) is 11.5 Å². The monoisotopic (exact) mass is 333 g/mol. The first kappa shape index (κ1) is 16.2. The maximum atomic E-state index is 12.2. The fourth-order valence-corrected chi connectivity index (χ4v) is 3.39. The highest BCUT2D eigenvalue weighted by Gasteiger charge is 2.31. The van der Waals surface area contributed by atoms with E-state index in [1.165, 1.54) is 0 Å². The van der Waals surface area contributed by atoms with Gasteiger partial charge in [-0.1, -0.05) is 11.8 Å². The molecule has 1 aromatic heterocycles. The quantitative estimate of drug-likeness (QED) is 0.799. The van der Waals surface area contributed by atoms with Gasteiger partial charge in [0, 0.05) is 19.7 Å². The van der Waals surface area contributed by atoms with Gasteiger partial charge in [0.2, 0.25) is 0 Å². The van der Waals surface area contributed by atoms with Crippen LogP contribution in [-0.4, -0.2) is 49.2 Å². The average Bonchev–Trinajstić information content (AvgIpc) is 3.17. The van der Waals surface area contributed by atoms with Crippen LogP contribution >= 0.6 is 11.8 Å². The maximum absolute atomic E-state index is 12.2. The summed E-state index contributed by atoms with van der Waals surface area (Å²) in [5.41, 5.74) is 0. The minimum absolute atomic E-state index is 0.125. The van der Waals surface area contributed by atoms with Gasteiger partial charge in [0.05, 0.1) is 31.1 Å². The number of morpholine rings is 1. The van der Waals surface area contributed by atoms with Crippen LogP contribution in [0.2, 0.25) is 0 Å². The Kier molecular flexibility index (Phi) is 5.73. The van der Waals surface area contributed by atoms with Crippen molar-refractivity contribution in [2.75, 3.05) is 26.3 Å². The Bertz CT molecular complexity index is 465. The number of hydrogen-bond acceptors (Lipinski definition) is 5. The third-order valence-corrected chi connectivity index (χ3v) is 4.71. The molecule has 0 spiro atoms. The lowest BCUT2D eigenvalue weighted by molar-refractivity contribution is -0.0968. The van der Waals surface area contributed by atoms with E-state index in [1.807, 2.05) is 6.07 Å². The summed E-state index contributed by atoms with van der Waals surface area (Å²) in [6, 6.07) is 3.65. The molecular formula is C15H21F2NO3S. The molecule has 0 N–H and O–H groups in total. The molecule has 2 aliphatic heterocycles. The second-order valence-corrected chi connectivity index (χ2v) is 6.61. The van der Waals surface area contributed by atoms with Gasteiger partial charge in [-0.25, -0.2) is 0 Å². The van der Waals surface area contributed by atoms with E-state index in [0.29, 0.717) is 30.7 Å². The van der Waals surface area contributed by atoms with E-state index in [1.54, 1.807) is 6.07 Å². The Labute approximate surface area is 133 Å². The number of nitrogens with zero attached hydrogens (tertiary/aromatic N) is 1. The van der Waals surface area contributed by atoms with Crippen LogP contribution in [-0.2, 0) is 21.8 Å². The Hall–Kier alpha value is -0.630. The van der Waals surface area contributed by atoms with Crippen LogP contribution < -0.4 is 0 Å². The molecule has 0 unspecified atom stereocenters. The molecule has 0 aliphatic carbocycles. The van der Waals surface area contributed by atoms with E-state index in [-0.39, 0.29) is 18.0 Å². The second kappa shape index (κ2) is 7.77. The molecule has 0 saturated carbocycles. The Morgan fingerprint density at radius 2 is 2.00 bits per heavy atom. The van der Waals surface area contributed by atoms with Crippen molar-refractivity contribution in [1.82, 2.24) is 4.90 Å². The minimum atomic E-state index is -2.36. The molecule has 0 amide bonds. The van der Waals surface area contributed by atoms with E-state index in [0.717, 1.165) is 38.3 Å². The third-order valence-electron chi connectivity index (χ3n) is 4.01. The lowest BCUT2D eigenvalue weighted by atomic mass is 10.1. The van der Waals surface area contributed by atoms with E-state index in [4.69, 9.17) is 13.9 Å². The molecule has 124 valence electrons. The Balaban J connectivity index is 1.49. The smallest absolute Gasteiger partial charge is 0.284 e. The summed E-state index contributed by atoms with van der Waals surface area (Å²) < 4.78 is 41.5. The van der Waals surface area contributed by atoms with Crippen LogP contribution in [0, 0.1) is 0 Å². The normalized spacial score (nSPS) is 26.9. The van der Waals surface area contributed by atoms with Crippen molar-refractivity contribution in [1.29, 1.82) is 0 Å². The molecule has 0 radical (unpaired) electrons. The first-order chi connectivity index (χ1) is 10.7. The lowest BCUT2D eigenvalue weighted by Gasteiger charge is -2.34. The molecule has 3 rings (SSSR count). The predicted octanol–water partition coefficient (Wildman–Crippen LogP) is 3.12. The number of hydrogen-bond donors (Lipinski definition) is 0. The SMILES string of the molecule is FC(F)SCc1ccc(CN2CCO[C@@H]([C@H]3CCCO3)C2)o1. The van der Waals surface area contributed by atoms with Crippen molar-refractivity contribution >= 4 is 11.8 Å². The molecule has 22 heavy (non-hydrogen) atoms. The molecular weight excluding hydrogens is 312 g/mol. The number of ether oxygens (including phenoxy) is 2. The van der Waals surface area contributed by atoms with Crippen LogP contribution in [0.1, 0.15) is 24.4 Å². The standard InChI is InChI=1S/C15H21F2NO3S/c16-15(17)22-10-12-4-3-11(21-12)8-18-5-7-20-14(9-18)13-2-1-6-19-13/h3-4,13-15H,1-2,5-10H2/t13-,14-/m1/s1. The summed E-state index contributed by atoms with van der Waals surface area (Å²) in [5, 5.41) is 0. The summed E-state index contributed by atoms with van der Waals surface area (Å²) in [6.07, 6.45) is 2.50. The topological polar surface area (TPSA) is 34.8 Å². The zero-order chi connectivity index (χ0) is 15.4. The summed E-state index contributed by atoms with van der Waals surface area (Å²) in [6.45, 7) is 3.89. The van der Waals surface area contributed by atoms with Gasteiger partial charge in [0.25, 0.3) is 5.76 Å². The van der Waals surface area contributed by atoms with E-state index in [2.05, 4.69) is 4.90 Å². The van der Waals surface area contributed by atoms with Gasteiger partial charge in [0.15, 0.2) is 0 Å². The van der Waals surface area contributed by atoms with Gasteiger partial charge < -0.3 is 13.9 Å². The molecule has 7 heteroatoms. The largest absolute Gasteiger partial charge is 0.464 e. The number of furan rings is 1. The molecule has 2 aliphatic rings. The van der Waals surface area contributed by atoms with Gasteiger partial charge in [-0.3, -0.25) is 4.90 Å². The summed E-state index contributed by atoms with van der Waals surface area (Å²) in [5.74, 6) is -0.735. The Morgan fingerprint density at radius 1 is 1.18 bits per heavy atom. The number of thioether (sulfide) groups is 1. The number of alkyl halides is 2. The predicted molar refractivity (Wildman–Crippen MR) is 80.0 cm³/mol. The lowest BCUT2D eigenvalue weighted by Crippen LogP contribution is -2.47. The third kappa shape index (κ3) is 4.44. The van der Waals surface area contributed by atoms with Crippen LogP contribution in [0.15, 0.2) is 16.5 Å². The van der Waals surface area contributed by atoms with Gasteiger partial charge in [-0.2, -0.15) is 8.78 Å². The van der Waals surface area contributed by atoms with E-state index in [9.17, 15) is 8.78 Å². The van der Waals surface area contributed by atoms with Crippen molar-refractivity contribution in [2.24, 2.45) is 0 Å². The molecule has 2 saturated heterocycles. The van der Waals surface area contributed by atoms with Crippen LogP contribution in [0.4, 0.5) is 8.78 Å². The first-order valence-electron chi connectivity index (χ1n) is 7.63. The summed E-state index contributed by atoms with van der Waals surface area (Å²) in [4.78, 5) is 2.28. The van der Waals surface area contributed by atoms with Crippen LogP contribution in [0.25, 0.3) is 0 Å². The van der Waals surface area contributed by atoms with E-state index >= 15 is 0 Å². The molecule has 3 heterocycles. The molecule has 2 atom stereocenters. The zero-order valence-corrected chi connectivity index (χ0v) is 13.2. The Morgan fingerprint density at radius 3 is 2.77 bits per heavy atom. The number of halogens is 2. The molecule has 0 aromatic carbocycles. The fourth-order valence-electron chi connectivity index (χ4n) is 2.95. The summed E-state index contributed by atoms with van der Waals surface area (Å²) in [7, 11) is 0. The van der Waals surface area contributed by atoms with Crippen LogP contribution in [0.5, 0.6) is 0 Å². The van der Waals surface area contributed by atoms with Crippen molar-refractivity contribution in [3.8, 4) is 0 Å². The van der Waals surface area contributed by atoms with Crippen molar-refractivity contribution in [3.05, 3.63) is 23.7 Å². The zero-order valence-electron chi connectivity index (χ0n) is 12.4. The van der Waals surface area contributed by atoms with Crippen molar-refractivity contribution < 1.29 is 22.7 Å². The summed E-state index contributed by atoms with van der Waals surface area (Å²) >= 11 is 0.584. The molecule has 1 aromatic rings. The molecule has 0 bridgehead atoms. The highest BCUT2D eigenvalue weighted by Crippen LogP contribution is 2.24. The van der Waals surface area contributed by atoms with Gasteiger partial charge in [-0.15, -0.1) is 0 Å². The van der Waals surface area contributed by atoms with Gasteiger partial charge >= 0.3 is 0 Å². The first-order valence-corrected chi connectivity index (χ1v) is 8.68. The molecule has 2 fully saturated rings. The minimum Gasteiger partial charge on any atom is -0.464 e. The maximum Gasteiger partial charge on any atom is 0.284 e. The average molecular weight is 333 g/mol. The highest BCUT2D eigenvalue weighted by molar-refractivity contribution is 7.98. The van der Waals surface area contributed by atoms with Crippen molar-refractivity contribution in [2.45, 2.75) is 43.1 Å². The second-order valence-electron chi connectivity index (χ2n) is 5.64. The van der Waals surface area contributed by atoms with Crippen molar-refractivity contribution in [3.63, 3.8) is 0 Å². The van der Waals surface area contributed by atoms with E-state index < -0.39 is 5.76 Å². The fraction of sp³-hybridized carbons (Fsp3) is 0.733. The van der Waals surface area contributed by atoms with Crippen LogP contribution in [0.3, 0.4) is 0 Å². The number of rotatable bonds is 6. The van der Waals surface area contributed by atoms with Gasteiger partial charge in [-0.05, 0) is 25.0 Å². The molecule has 4 nitrogen and oxygen atoms in total. The highest BCUT2D eigenvalue weighted by atomic mass is 32.2.